The van der Waals surface area contributed by atoms with Crippen molar-refractivity contribution in [2.24, 2.45) is 0 Å². The first-order valence-corrected chi connectivity index (χ1v) is 5.70. The van der Waals surface area contributed by atoms with E-state index in [9.17, 15) is 5.11 Å². The molecule has 2 N–H and O–H groups in total. The molecule has 0 aliphatic heterocycles. The van der Waals surface area contributed by atoms with Crippen molar-refractivity contribution in [3.05, 3.63) is 0 Å². The Morgan fingerprint density at radius 1 is 1.15 bits per heavy atom. The molecule has 13 heavy (non-hydrogen) atoms. The van der Waals surface area contributed by atoms with E-state index in [1.807, 2.05) is 13.8 Å². The van der Waals surface area contributed by atoms with Gasteiger partial charge in [0.05, 0.1) is 5.60 Å². The van der Waals surface area contributed by atoms with E-state index in [1.54, 1.807) is 0 Å². The van der Waals surface area contributed by atoms with Crippen LogP contribution in [0.15, 0.2) is 0 Å². The SMILES string of the molecule is CC.CCNCC1(O)CCCCC1. The molecule has 0 aromatic rings. The van der Waals surface area contributed by atoms with E-state index in [1.165, 1.54) is 19.3 Å². The highest BCUT2D eigenvalue weighted by Gasteiger charge is 2.27. The van der Waals surface area contributed by atoms with Crippen LogP contribution < -0.4 is 5.32 Å². The Kier molecular flexibility index (Phi) is 7.29. The Morgan fingerprint density at radius 3 is 2.15 bits per heavy atom. The summed E-state index contributed by atoms with van der Waals surface area (Å²) >= 11 is 0. The smallest absolute Gasteiger partial charge is 0.0771 e. The first kappa shape index (κ1) is 12.9. The molecule has 80 valence electrons. The van der Waals surface area contributed by atoms with Crippen molar-refractivity contribution in [2.45, 2.75) is 58.5 Å². The molecular formula is C11H25NO. The molecule has 0 saturated heterocycles. The van der Waals surface area contributed by atoms with Crippen molar-refractivity contribution in [2.75, 3.05) is 13.1 Å². The molecule has 1 fully saturated rings. The van der Waals surface area contributed by atoms with Crippen LogP contribution in [0, 0.1) is 0 Å². The van der Waals surface area contributed by atoms with Crippen LogP contribution in [-0.2, 0) is 0 Å². The number of hydrogen-bond acceptors (Lipinski definition) is 2. The maximum absolute atomic E-state index is 9.94. The third kappa shape index (κ3) is 5.27. The van der Waals surface area contributed by atoms with Crippen molar-refractivity contribution in [3.8, 4) is 0 Å². The minimum Gasteiger partial charge on any atom is -0.389 e. The maximum Gasteiger partial charge on any atom is 0.0771 e. The van der Waals surface area contributed by atoms with Gasteiger partial charge in [0.15, 0.2) is 0 Å². The van der Waals surface area contributed by atoms with Gasteiger partial charge in [-0.25, -0.2) is 0 Å². The molecule has 0 amide bonds. The first-order valence-electron chi connectivity index (χ1n) is 5.70. The van der Waals surface area contributed by atoms with Gasteiger partial charge in [-0.05, 0) is 19.4 Å². The predicted octanol–water partition coefficient (Wildman–Crippen LogP) is 2.32. The molecule has 1 saturated carbocycles. The Morgan fingerprint density at radius 2 is 1.69 bits per heavy atom. The van der Waals surface area contributed by atoms with Crippen LogP contribution in [0.3, 0.4) is 0 Å². The average Bonchev–Trinajstić information content (AvgIpc) is 2.19. The summed E-state index contributed by atoms with van der Waals surface area (Å²) in [6, 6.07) is 0. The molecule has 0 radical (unpaired) electrons. The average molecular weight is 187 g/mol. The van der Waals surface area contributed by atoms with Crippen molar-refractivity contribution >= 4 is 0 Å². The maximum atomic E-state index is 9.94. The Hall–Kier alpha value is -0.0800. The van der Waals surface area contributed by atoms with E-state index in [0.717, 1.165) is 25.9 Å². The van der Waals surface area contributed by atoms with E-state index in [0.29, 0.717) is 0 Å². The largest absolute Gasteiger partial charge is 0.389 e. The molecule has 1 aliphatic carbocycles. The lowest BCUT2D eigenvalue weighted by Crippen LogP contribution is -2.42. The molecule has 0 atom stereocenters. The molecule has 1 aliphatic rings. The highest BCUT2D eigenvalue weighted by molar-refractivity contribution is 4.83. The Balaban J connectivity index is 0.000000671. The fourth-order valence-electron chi connectivity index (χ4n) is 1.74. The molecule has 0 bridgehead atoms. The zero-order valence-corrected chi connectivity index (χ0v) is 9.40. The third-order valence-corrected chi connectivity index (χ3v) is 2.49. The summed E-state index contributed by atoms with van der Waals surface area (Å²) in [6.07, 6.45) is 5.66. The van der Waals surface area contributed by atoms with Crippen LogP contribution in [0.5, 0.6) is 0 Å². The number of rotatable bonds is 3. The molecule has 2 heteroatoms. The highest BCUT2D eigenvalue weighted by atomic mass is 16.3. The van der Waals surface area contributed by atoms with Crippen LogP contribution in [0.2, 0.25) is 0 Å². The molecule has 2 nitrogen and oxygen atoms in total. The summed E-state index contributed by atoms with van der Waals surface area (Å²) in [7, 11) is 0. The van der Waals surface area contributed by atoms with Crippen molar-refractivity contribution in [1.82, 2.24) is 5.32 Å². The second-order valence-corrected chi connectivity index (χ2v) is 3.57. The van der Waals surface area contributed by atoms with Gasteiger partial charge in [-0.3, -0.25) is 0 Å². The van der Waals surface area contributed by atoms with Crippen LogP contribution in [0.4, 0.5) is 0 Å². The Labute approximate surface area is 82.7 Å². The van der Waals surface area contributed by atoms with Gasteiger partial charge in [0.1, 0.15) is 0 Å². The second kappa shape index (κ2) is 7.34. The number of nitrogens with one attached hydrogen (secondary N) is 1. The normalized spacial score (nSPS) is 20.3. The molecule has 0 aromatic heterocycles. The van der Waals surface area contributed by atoms with Gasteiger partial charge < -0.3 is 10.4 Å². The summed E-state index contributed by atoms with van der Waals surface area (Å²) in [5, 5.41) is 13.1. The van der Waals surface area contributed by atoms with Crippen LogP contribution in [0.25, 0.3) is 0 Å². The first-order chi connectivity index (χ1) is 6.27. The van der Waals surface area contributed by atoms with E-state index >= 15 is 0 Å². The van der Waals surface area contributed by atoms with Gasteiger partial charge in [0.2, 0.25) is 0 Å². The summed E-state index contributed by atoms with van der Waals surface area (Å²) in [5.74, 6) is 0. The highest BCUT2D eigenvalue weighted by Crippen LogP contribution is 2.26. The molecule has 0 spiro atoms. The third-order valence-electron chi connectivity index (χ3n) is 2.49. The van der Waals surface area contributed by atoms with Gasteiger partial charge in [0, 0.05) is 6.54 Å². The molecular weight excluding hydrogens is 162 g/mol. The van der Waals surface area contributed by atoms with E-state index in [4.69, 9.17) is 0 Å². The number of hydrogen-bond donors (Lipinski definition) is 2. The minimum absolute atomic E-state index is 0.381. The molecule has 0 aromatic carbocycles. The van der Waals surface area contributed by atoms with E-state index < -0.39 is 0 Å². The minimum atomic E-state index is -0.381. The molecule has 0 heterocycles. The lowest BCUT2D eigenvalue weighted by molar-refractivity contribution is 0.00540. The fraction of sp³-hybridized carbons (Fsp3) is 1.00. The lowest BCUT2D eigenvalue weighted by atomic mass is 9.85. The molecule has 1 rings (SSSR count). The number of likely N-dealkylation sites (N-methyl/N-ethyl adjacent to an activating group) is 1. The lowest BCUT2D eigenvalue weighted by Gasteiger charge is -2.32. The summed E-state index contributed by atoms with van der Waals surface area (Å²) in [6.45, 7) is 7.82. The zero-order chi connectivity index (χ0) is 10.2. The standard InChI is InChI=1S/C9H19NO.C2H6/c1-2-10-8-9(11)6-4-3-5-7-9;1-2/h10-11H,2-8H2,1H3;1-2H3. The summed E-state index contributed by atoms with van der Waals surface area (Å²) in [5.41, 5.74) is -0.381. The van der Waals surface area contributed by atoms with Crippen molar-refractivity contribution < 1.29 is 5.11 Å². The quantitative estimate of drug-likeness (QED) is 0.710. The van der Waals surface area contributed by atoms with Gasteiger partial charge in [0.25, 0.3) is 0 Å². The van der Waals surface area contributed by atoms with Gasteiger partial charge in [-0.2, -0.15) is 0 Å². The van der Waals surface area contributed by atoms with Crippen LogP contribution in [0.1, 0.15) is 52.9 Å². The monoisotopic (exact) mass is 187 g/mol. The van der Waals surface area contributed by atoms with Crippen molar-refractivity contribution in [3.63, 3.8) is 0 Å². The van der Waals surface area contributed by atoms with Gasteiger partial charge in [-0.15, -0.1) is 0 Å². The van der Waals surface area contributed by atoms with Crippen LogP contribution >= 0.6 is 0 Å². The summed E-state index contributed by atoms with van der Waals surface area (Å²) in [4.78, 5) is 0. The second-order valence-electron chi connectivity index (χ2n) is 3.57. The van der Waals surface area contributed by atoms with E-state index in [2.05, 4.69) is 12.2 Å². The number of aliphatic hydroxyl groups is 1. The molecule has 0 unspecified atom stereocenters. The zero-order valence-electron chi connectivity index (χ0n) is 9.40. The Bertz CT molecular complexity index is 109. The van der Waals surface area contributed by atoms with Crippen molar-refractivity contribution in [1.29, 1.82) is 0 Å². The van der Waals surface area contributed by atoms with Gasteiger partial charge >= 0.3 is 0 Å². The topological polar surface area (TPSA) is 32.3 Å². The summed E-state index contributed by atoms with van der Waals surface area (Å²) < 4.78 is 0. The van der Waals surface area contributed by atoms with E-state index in [-0.39, 0.29) is 5.60 Å². The predicted molar refractivity (Wildman–Crippen MR) is 57.9 cm³/mol. The fourth-order valence-corrected chi connectivity index (χ4v) is 1.74. The van der Waals surface area contributed by atoms with Crippen LogP contribution in [-0.4, -0.2) is 23.8 Å². The van der Waals surface area contributed by atoms with Gasteiger partial charge in [-0.1, -0.05) is 40.0 Å².